The van der Waals surface area contributed by atoms with Crippen molar-refractivity contribution in [3.63, 3.8) is 0 Å². The van der Waals surface area contributed by atoms with Gasteiger partial charge in [-0.05, 0) is 68.6 Å². The minimum atomic E-state index is 0.994. The van der Waals surface area contributed by atoms with Crippen LogP contribution in [0.5, 0.6) is 0 Å². The van der Waals surface area contributed by atoms with Crippen LogP contribution in [-0.4, -0.2) is 9.55 Å². The fourth-order valence-electron chi connectivity index (χ4n) is 8.49. The summed E-state index contributed by atoms with van der Waals surface area (Å²) in [6.07, 6.45) is 0. The summed E-state index contributed by atoms with van der Waals surface area (Å²) in [5.41, 5.74) is 15.1. The Morgan fingerprint density at radius 3 is 1.78 bits per heavy atom. The Labute approximate surface area is 295 Å². The molecule has 0 atom stereocenters. The molecule has 0 saturated carbocycles. The molecule has 0 bridgehead atoms. The van der Waals surface area contributed by atoms with Gasteiger partial charge in [-0.15, -0.1) is 0 Å². The molecule has 1 aliphatic carbocycles. The van der Waals surface area contributed by atoms with Crippen molar-refractivity contribution in [3.05, 3.63) is 182 Å². The van der Waals surface area contributed by atoms with E-state index in [0.29, 0.717) is 0 Å². The van der Waals surface area contributed by atoms with E-state index in [1.54, 1.807) is 0 Å². The summed E-state index contributed by atoms with van der Waals surface area (Å²) >= 11 is 0. The molecule has 0 fully saturated rings. The van der Waals surface area contributed by atoms with Crippen LogP contribution in [0.2, 0.25) is 0 Å². The van der Waals surface area contributed by atoms with E-state index in [4.69, 9.17) is 4.98 Å². The third kappa shape index (κ3) is 4.14. The second-order valence-electron chi connectivity index (χ2n) is 13.5. The zero-order valence-electron chi connectivity index (χ0n) is 27.7. The molecule has 11 rings (SSSR count). The molecule has 2 heterocycles. The number of aromatic nitrogens is 2. The molecule has 0 radical (unpaired) electrons. The lowest BCUT2D eigenvalue weighted by atomic mass is 9.87. The highest BCUT2D eigenvalue weighted by Crippen LogP contribution is 2.56. The van der Waals surface area contributed by atoms with Gasteiger partial charge < -0.3 is 4.57 Å². The van der Waals surface area contributed by atoms with Gasteiger partial charge in [0.05, 0.1) is 22.4 Å². The molecule has 2 aromatic heterocycles. The van der Waals surface area contributed by atoms with Crippen LogP contribution in [0.1, 0.15) is 0 Å². The Hall–Kier alpha value is -6.77. The molecule has 236 valence electrons. The Balaban J connectivity index is 1.24. The minimum Gasteiger partial charge on any atom is -0.309 e. The molecule has 0 saturated heterocycles. The van der Waals surface area contributed by atoms with Crippen molar-refractivity contribution in [2.45, 2.75) is 0 Å². The highest BCUT2D eigenvalue weighted by atomic mass is 15.0. The summed E-state index contributed by atoms with van der Waals surface area (Å²) in [6.45, 7) is 0. The van der Waals surface area contributed by atoms with Crippen LogP contribution in [0.15, 0.2) is 182 Å². The zero-order chi connectivity index (χ0) is 33.5. The van der Waals surface area contributed by atoms with E-state index in [-0.39, 0.29) is 0 Å². The predicted molar refractivity (Wildman–Crippen MR) is 214 cm³/mol. The number of pyridine rings is 1. The third-order valence-electron chi connectivity index (χ3n) is 10.7. The number of fused-ring (bicyclic) bond motifs is 7. The first-order chi connectivity index (χ1) is 25.3. The quantitative estimate of drug-likeness (QED) is 0.186. The lowest BCUT2D eigenvalue weighted by Crippen LogP contribution is -1.99. The Morgan fingerprint density at radius 1 is 0.353 bits per heavy atom. The first-order valence-electron chi connectivity index (χ1n) is 17.6. The van der Waals surface area contributed by atoms with E-state index in [9.17, 15) is 0 Å². The van der Waals surface area contributed by atoms with E-state index in [1.165, 1.54) is 76.7 Å². The SMILES string of the molecule is c1ccc(-c2nc(-c3ccc4c(c3)c3ccccc3n4-c3ccc4ccccc4c3)c(-c3ccccc3)c3c2-c2cccc4cccc-3c24)cc1. The molecule has 10 aromatic rings. The molecule has 2 nitrogen and oxygen atoms in total. The zero-order valence-corrected chi connectivity index (χ0v) is 27.7. The minimum absolute atomic E-state index is 0.994. The van der Waals surface area contributed by atoms with Gasteiger partial charge in [0, 0.05) is 44.3 Å². The van der Waals surface area contributed by atoms with E-state index in [2.05, 4.69) is 187 Å². The summed E-state index contributed by atoms with van der Waals surface area (Å²) in [4.78, 5) is 5.71. The van der Waals surface area contributed by atoms with Crippen LogP contribution < -0.4 is 0 Å². The van der Waals surface area contributed by atoms with Crippen LogP contribution in [0, 0.1) is 0 Å². The average Bonchev–Trinajstić information content (AvgIpc) is 3.72. The second-order valence-corrected chi connectivity index (χ2v) is 13.5. The molecular weight excluding hydrogens is 617 g/mol. The molecule has 0 aliphatic heterocycles. The molecule has 1 aliphatic rings. The van der Waals surface area contributed by atoms with Crippen molar-refractivity contribution in [3.8, 4) is 61.6 Å². The number of para-hydroxylation sites is 1. The topological polar surface area (TPSA) is 17.8 Å². The molecule has 8 aromatic carbocycles. The molecule has 0 unspecified atom stereocenters. The predicted octanol–water partition coefficient (Wildman–Crippen LogP) is 13.1. The summed E-state index contributed by atoms with van der Waals surface area (Å²) < 4.78 is 2.40. The standard InChI is InChI=1S/C49H30N2/c1-3-14-33(15-4-1)45-46-39-22-11-19-32-20-12-23-40(44(32)39)47(46)48(34-16-5-2-6-17-34)50-49(45)36-26-28-43-41(30-36)38-21-9-10-24-42(38)51(43)37-27-25-31-13-7-8-18-35(31)29-37/h1-30H. The molecule has 51 heavy (non-hydrogen) atoms. The van der Waals surface area contributed by atoms with E-state index in [1.807, 2.05) is 0 Å². The molecule has 2 heteroatoms. The van der Waals surface area contributed by atoms with Gasteiger partial charge in [-0.2, -0.15) is 0 Å². The van der Waals surface area contributed by atoms with Crippen molar-refractivity contribution < 1.29 is 0 Å². The van der Waals surface area contributed by atoms with Gasteiger partial charge in [-0.25, -0.2) is 4.98 Å². The van der Waals surface area contributed by atoms with Crippen molar-refractivity contribution in [2.75, 3.05) is 0 Å². The lowest BCUT2D eigenvalue weighted by Gasteiger charge is -2.20. The summed E-state index contributed by atoms with van der Waals surface area (Å²) in [7, 11) is 0. The van der Waals surface area contributed by atoms with Gasteiger partial charge in [-0.1, -0.05) is 152 Å². The summed E-state index contributed by atoms with van der Waals surface area (Å²) in [5, 5.41) is 7.47. The third-order valence-corrected chi connectivity index (χ3v) is 10.7. The number of rotatable bonds is 4. The van der Waals surface area contributed by atoms with Crippen molar-refractivity contribution in [2.24, 2.45) is 0 Å². The number of hydrogen-bond donors (Lipinski definition) is 0. The number of hydrogen-bond acceptors (Lipinski definition) is 1. The lowest BCUT2D eigenvalue weighted by molar-refractivity contribution is 1.19. The van der Waals surface area contributed by atoms with Gasteiger partial charge in [-0.3, -0.25) is 0 Å². The first kappa shape index (κ1) is 28.1. The Morgan fingerprint density at radius 2 is 0.980 bits per heavy atom. The second kappa shape index (κ2) is 10.9. The van der Waals surface area contributed by atoms with E-state index in [0.717, 1.165) is 28.2 Å². The average molecular weight is 647 g/mol. The van der Waals surface area contributed by atoms with Gasteiger partial charge in [0.2, 0.25) is 0 Å². The normalized spacial score (nSPS) is 11.9. The Bertz CT molecular complexity index is 3000. The van der Waals surface area contributed by atoms with Crippen molar-refractivity contribution in [1.29, 1.82) is 0 Å². The monoisotopic (exact) mass is 646 g/mol. The van der Waals surface area contributed by atoms with Gasteiger partial charge >= 0.3 is 0 Å². The first-order valence-corrected chi connectivity index (χ1v) is 17.6. The molecular formula is C49H30N2. The van der Waals surface area contributed by atoms with Crippen molar-refractivity contribution >= 4 is 43.4 Å². The van der Waals surface area contributed by atoms with Crippen LogP contribution >= 0.6 is 0 Å². The van der Waals surface area contributed by atoms with Gasteiger partial charge in [0.15, 0.2) is 0 Å². The van der Waals surface area contributed by atoms with E-state index < -0.39 is 0 Å². The summed E-state index contributed by atoms with van der Waals surface area (Å²) in [6, 6.07) is 66.0. The van der Waals surface area contributed by atoms with Gasteiger partial charge in [0.1, 0.15) is 0 Å². The molecule has 0 spiro atoms. The maximum absolute atomic E-state index is 5.71. The Kier molecular flexibility index (Phi) is 5.99. The fraction of sp³-hybridized carbons (Fsp3) is 0. The largest absolute Gasteiger partial charge is 0.309 e. The molecule has 0 amide bonds. The smallest absolute Gasteiger partial charge is 0.0794 e. The van der Waals surface area contributed by atoms with Crippen LogP contribution in [0.4, 0.5) is 0 Å². The highest BCUT2D eigenvalue weighted by Gasteiger charge is 2.31. The van der Waals surface area contributed by atoms with Crippen LogP contribution in [0.25, 0.3) is 105 Å². The van der Waals surface area contributed by atoms with E-state index >= 15 is 0 Å². The van der Waals surface area contributed by atoms with Gasteiger partial charge in [0.25, 0.3) is 0 Å². The number of nitrogens with zero attached hydrogens (tertiary/aromatic N) is 2. The van der Waals surface area contributed by atoms with Crippen molar-refractivity contribution in [1.82, 2.24) is 9.55 Å². The van der Waals surface area contributed by atoms with Crippen LogP contribution in [-0.2, 0) is 0 Å². The highest BCUT2D eigenvalue weighted by molar-refractivity contribution is 6.22. The fourth-order valence-corrected chi connectivity index (χ4v) is 8.49. The molecule has 0 N–H and O–H groups in total. The summed E-state index contributed by atoms with van der Waals surface area (Å²) in [5.74, 6) is 0. The maximum atomic E-state index is 5.71. The number of benzene rings is 8. The van der Waals surface area contributed by atoms with Crippen LogP contribution in [0.3, 0.4) is 0 Å². The maximum Gasteiger partial charge on any atom is 0.0794 e.